The zero-order valence-corrected chi connectivity index (χ0v) is 10.5. The topological polar surface area (TPSA) is 52.6 Å². The Hall–Kier alpha value is -0.610. The lowest BCUT2D eigenvalue weighted by Crippen LogP contribution is -2.38. The first kappa shape index (κ1) is 13.5. The van der Waals surface area contributed by atoms with Crippen LogP contribution in [0.5, 0.6) is 0 Å². The van der Waals surface area contributed by atoms with Crippen LogP contribution in [-0.4, -0.2) is 48.7 Å². The summed E-state index contributed by atoms with van der Waals surface area (Å²) >= 11 is 0. The average Bonchev–Trinajstić information content (AvgIpc) is 2.70. The minimum atomic E-state index is 0.0135. The van der Waals surface area contributed by atoms with E-state index in [9.17, 15) is 4.79 Å². The largest absolute Gasteiger partial charge is 0.395 e. The maximum atomic E-state index is 11.5. The normalized spacial score (nSPS) is 19.9. The molecule has 0 aromatic rings. The number of nitrogens with one attached hydrogen (secondary N) is 1. The van der Waals surface area contributed by atoms with Crippen LogP contribution in [0, 0.1) is 5.41 Å². The number of hydrogen-bond acceptors (Lipinski definition) is 3. The molecular formula is C12H24N2O2. The van der Waals surface area contributed by atoms with Crippen molar-refractivity contribution >= 4 is 5.91 Å². The van der Waals surface area contributed by atoms with Gasteiger partial charge < -0.3 is 10.4 Å². The van der Waals surface area contributed by atoms with Gasteiger partial charge >= 0.3 is 0 Å². The van der Waals surface area contributed by atoms with Gasteiger partial charge in [0.25, 0.3) is 0 Å². The van der Waals surface area contributed by atoms with Gasteiger partial charge in [0.05, 0.1) is 13.2 Å². The van der Waals surface area contributed by atoms with Crippen LogP contribution in [0.25, 0.3) is 0 Å². The van der Waals surface area contributed by atoms with Crippen molar-refractivity contribution in [2.24, 2.45) is 5.41 Å². The molecule has 0 atom stereocenters. The Morgan fingerprint density at radius 2 is 2.12 bits per heavy atom. The Bertz CT molecular complexity index is 227. The van der Waals surface area contributed by atoms with Gasteiger partial charge in [-0.1, -0.05) is 13.8 Å². The lowest BCUT2D eigenvalue weighted by molar-refractivity contribution is -0.122. The lowest BCUT2D eigenvalue weighted by Gasteiger charge is -2.26. The average molecular weight is 228 g/mol. The second-order valence-electron chi connectivity index (χ2n) is 4.74. The molecule has 0 aromatic carbocycles. The third-order valence-electron chi connectivity index (χ3n) is 3.82. The molecule has 1 heterocycles. The van der Waals surface area contributed by atoms with Crippen molar-refractivity contribution in [3.63, 3.8) is 0 Å². The lowest BCUT2D eigenvalue weighted by atomic mass is 9.82. The van der Waals surface area contributed by atoms with E-state index in [1.807, 2.05) is 0 Å². The molecule has 0 saturated carbocycles. The third-order valence-corrected chi connectivity index (χ3v) is 3.82. The zero-order valence-electron chi connectivity index (χ0n) is 10.5. The summed E-state index contributed by atoms with van der Waals surface area (Å²) in [5, 5.41) is 11.3. The van der Waals surface area contributed by atoms with E-state index >= 15 is 0 Å². The van der Waals surface area contributed by atoms with E-state index in [1.54, 1.807) is 0 Å². The standard InChI is InChI=1S/C12H24N2O2/c1-3-12(4-2)5-7-14(10-12)9-11(16)13-6-8-15/h15H,3-10H2,1-2H3,(H,13,16). The molecule has 1 rings (SSSR count). The van der Waals surface area contributed by atoms with Gasteiger partial charge in [0, 0.05) is 13.1 Å². The second kappa shape index (κ2) is 6.21. The van der Waals surface area contributed by atoms with Gasteiger partial charge in [-0.25, -0.2) is 0 Å². The predicted molar refractivity (Wildman–Crippen MR) is 64.2 cm³/mol. The highest BCUT2D eigenvalue weighted by Crippen LogP contribution is 2.36. The molecule has 16 heavy (non-hydrogen) atoms. The quantitative estimate of drug-likeness (QED) is 0.700. The first-order valence-corrected chi connectivity index (χ1v) is 6.25. The Kier molecular flexibility index (Phi) is 5.22. The van der Waals surface area contributed by atoms with Crippen LogP contribution in [0.4, 0.5) is 0 Å². The smallest absolute Gasteiger partial charge is 0.234 e. The molecule has 1 aliphatic heterocycles. The highest BCUT2D eigenvalue weighted by Gasteiger charge is 2.35. The summed E-state index contributed by atoms with van der Waals surface area (Å²) in [5.41, 5.74) is 0.428. The molecule has 94 valence electrons. The first-order valence-electron chi connectivity index (χ1n) is 6.25. The number of aliphatic hydroxyl groups excluding tert-OH is 1. The highest BCUT2D eigenvalue weighted by molar-refractivity contribution is 5.78. The molecule has 0 unspecified atom stereocenters. The minimum absolute atomic E-state index is 0.0135. The summed E-state index contributed by atoms with van der Waals surface area (Å²) in [5.74, 6) is 0.0251. The van der Waals surface area contributed by atoms with Crippen LogP contribution in [0.2, 0.25) is 0 Å². The van der Waals surface area contributed by atoms with Gasteiger partial charge in [0.1, 0.15) is 0 Å². The number of aliphatic hydroxyl groups is 1. The third kappa shape index (κ3) is 3.46. The molecule has 0 spiro atoms. The molecule has 1 fully saturated rings. The van der Waals surface area contributed by atoms with Crippen LogP contribution < -0.4 is 5.32 Å². The molecule has 0 radical (unpaired) electrons. The summed E-state index contributed by atoms with van der Waals surface area (Å²) < 4.78 is 0. The van der Waals surface area contributed by atoms with Crippen LogP contribution in [-0.2, 0) is 4.79 Å². The Labute approximate surface area is 98.0 Å². The Morgan fingerprint density at radius 1 is 1.44 bits per heavy atom. The summed E-state index contributed by atoms with van der Waals surface area (Å²) in [6.07, 6.45) is 3.59. The van der Waals surface area contributed by atoms with E-state index in [0.717, 1.165) is 13.1 Å². The fraction of sp³-hybridized carbons (Fsp3) is 0.917. The van der Waals surface area contributed by atoms with Crippen molar-refractivity contribution in [3.05, 3.63) is 0 Å². The van der Waals surface area contributed by atoms with Gasteiger partial charge in [-0.2, -0.15) is 0 Å². The number of hydrogen-bond donors (Lipinski definition) is 2. The fourth-order valence-corrected chi connectivity index (χ4v) is 2.44. The number of carbonyl (C=O) groups is 1. The molecule has 0 aliphatic carbocycles. The predicted octanol–water partition coefficient (Wildman–Crippen LogP) is 0.607. The van der Waals surface area contributed by atoms with Crippen molar-refractivity contribution in [2.45, 2.75) is 33.1 Å². The molecule has 4 heteroatoms. The summed E-state index contributed by atoms with van der Waals surface area (Å²) in [4.78, 5) is 13.7. The van der Waals surface area contributed by atoms with Crippen molar-refractivity contribution in [1.29, 1.82) is 0 Å². The van der Waals surface area contributed by atoms with Gasteiger partial charge in [-0.05, 0) is 31.2 Å². The fourth-order valence-electron chi connectivity index (χ4n) is 2.44. The van der Waals surface area contributed by atoms with E-state index in [4.69, 9.17) is 5.11 Å². The van der Waals surface area contributed by atoms with Crippen molar-refractivity contribution in [1.82, 2.24) is 10.2 Å². The zero-order chi connectivity index (χ0) is 12.0. The Morgan fingerprint density at radius 3 is 2.62 bits per heavy atom. The van der Waals surface area contributed by atoms with E-state index in [0.29, 0.717) is 18.5 Å². The number of nitrogens with zero attached hydrogens (tertiary/aromatic N) is 1. The van der Waals surface area contributed by atoms with Gasteiger partial charge in [0.2, 0.25) is 5.91 Å². The molecule has 0 aromatic heterocycles. The molecule has 1 aliphatic rings. The van der Waals surface area contributed by atoms with Crippen molar-refractivity contribution in [2.75, 3.05) is 32.8 Å². The summed E-state index contributed by atoms with van der Waals surface area (Å²) in [7, 11) is 0. The maximum Gasteiger partial charge on any atom is 0.234 e. The number of amides is 1. The van der Waals surface area contributed by atoms with Gasteiger partial charge in [-0.3, -0.25) is 9.69 Å². The molecular weight excluding hydrogens is 204 g/mol. The SMILES string of the molecule is CCC1(CC)CCN(CC(=O)NCCO)C1. The monoisotopic (exact) mass is 228 g/mol. The second-order valence-corrected chi connectivity index (χ2v) is 4.74. The maximum absolute atomic E-state index is 11.5. The van der Waals surface area contributed by atoms with E-state index in [-0.39, 0.29) is 12.5 Å². The first-order chi connectivity index (χ1) is 7.65. The minimum Gasteiger partial charge on any atom is -0.395 e. The summed E-state index contributed by atoms with van der Waals surface area (Å²) in [6, 6.07) is 0. The molecule has 0 bridgehead atoms. The number of likely N-dealkylation sites (tertiary alicyclic amines) is 1. The molecule has 1 amide bonds. The van der Waals surface area contributed by atoms with Crippen molar-refractivity contribution < 1.29 is 9.90 Å². The van der Waals surface area contributed by atoms with Crippen molar-refractivity contribution in [3.8, 4) is 0 Å². The molecule has 4 nitrogen and oxygen atoms in total. The van der Waals surface area contributed by atoms with E-state index < -0.39 is 0 Å². The highest BCUT2D eigenvalue weighted by atomic mass is 16.3. The van der Waals surface area contributed by atoms with Gasteiger partial charge in [0.15, 0.2) is 0 Å². The number of rotatable bonds is 6. The Balaban J connectivity index is 2.33. The van der Waals surface area contributed by atoms with Crippen LogP contribution in [0.3, 0.4) is 0 Å². The van der Waals surface area contributed by atoms with Crippen LogP contribution in [0.1, 0.15) is 33.1 Å². The summed E-state index contributed by atoms with van der Waals surface area (Å²) in [6.45, 7) is 7.37. The van der Waals surface area contributed by atoms with Gasteiger partial charge in [-0.15, -0.1) is 0 Å². The molecule has 2 N–H and O–H groups in total. The van der Waals surface area contributed by atoms with E-state index in [2.05, 4.69) is 24.1 Å². The number of carbonyl (C=O) groups excluding carboxylic acids is 1. The van der Waals surface area contributed by atoms with Crippen LogP contribution in [0.15, 0.2) is 0 Å². The van der Waals surface area contributed by atoms with E-state index in [1.165, 1.54) is 19.3 Å². The molecule has 1 saturated heterocycles. The van der Waals surface area contributed by atoms with Crippen LogP contribution >= 0.6 is 0 Å².